The van der Waals surface area contributed by atoms with Gasteiger partial charge in [-0.25, -0.2) is 0 Å². The number of carbonyl (C=O) groups excluding carboxylic acids is 3. The van der Waals surface area contributed by atoms with Crippen LogP contribution < -0.4 is 5.73 Å². The van der Waals surface area contributed by atoms with Gasteiger partial charge in [-0.2, -0.15) is 9.59 Å². The van der Waals surface area contributed by atoms with E-state index in [0.29, 0.717) is 35.2 Å². The first-order chi connectivity index (χ1) is 23.0. The van der Waals surface area contributed by atoms with Crippen molar-refractivity contribution in [2.45, 2.75) is 74.9 Å². The Morgan fingerprint density at radius 1 is 0.750 bits per heavy atom. The van der Waals surface area contributed by atoms with E-state index in [1.165, 1.54) is 88.3 Å². The van der Waals surface area contributed by atoms with Crippen molar-refractivity contribution in [2.24, 2.45) is 23.5 Å². The number of nitrogens with zero attached hydrogens (tertiary/aromatic N) is 4. The van der Waals surface area contributed by atoms with E-state index in [-0.39, 0.29) is 24.3 Å². The lowest BCUT2D eigenvalue weighted by molar-refractivity contribution is -0.191. The van der Waals surface area contributed by atoms with Crippen LogP contribution in [-0.4, -0.2) is 75.0 Å². The van der Waals surface area contributed by atoms with E-state index in [2.05, 4.69) is 38.0 Å². The number of piperidine rings is 6. The molecule has 4 aromatic rings. The van der Waals surface area contributed by atoms with Gasteiger partial charge in [0.2, 0.25) is 0 Å². The van der Waals surface area contributed by atoms with Crippen LogP contribution in [0.5, 0.6) is 0 Å². The Balaban J connectivity index is 0.000000134. The molecule has 8 nitrogen and oxygen atoms in total. The molecule has 0 radical (unpaired) electrons. The molecule has 2 atom stereocenters. The molecule has 2 saturated carbocycles. The highest BCUT2D eigenvalue weighted by atomic mass is 35.5. The molecular weight excluding hydrogens is 622 g/mol. The lowest BCUT2D eigenvalue weighted by Crippen LogP contribution is -2.63. The summed E-state index contributed by atoms with van der Waals surface area (Å²) in [7, 11) is 0. The maximum atomic E-state index is 12.9. The van der Waals surface area contributed by atoms with E-state index in [1.807, 2.05) is 61.1 Å². The normalized spacial score (nSPS) is 28.8. The average Bonchev–Trinajstić information content (AvgIpc) is 4.07. The number of hydrogen-bond donors (Lipinski definition) is 1. The molecule has 0 unspecified atom stereocenters. The fraction of sp³-hybridized carbons (Fsp3) is 0.487. The van der Waals surface area contributed by atoms with Crippen molar-refractivity contribution in [1.82, 2.24) is 19.8 Å². The van der Waals surface area contributed by atoms with Crippen LogP contribution in [0.4, 0.5) is 0 Å². The summed E-state index contributed by atoms with van der Waals surface area (Å²) < 4.78 is 0. The molecule has 0 amide bonds. The molecule has 12 rings (SSSR count). The smallest absolute Gasteiger partial charge is 0.326 e. The first-order valence-corrected chi connectivity index (χ1v) is 17.4. The number of hydrogen-bond acceptors (Lipinski definition) is 8. The van der Waals surface area contributed by atoms with Crippen molar-refractivity contribution < 1.29 is 14.4 Å². The Hall–Kier alpha value is -3.52. The minimum absolute atomic E-state index is 0. The monoisotopic (exact) mass is 667 g/mol. The molecule has 8 fully saturated rings. The van der Waals surface area contributed by atoms with Crippen molar-refractivity contribution in [2.75, 3.05) is 26.2 Å². The second-order valence-corrected chi connectivity index (χ2v) is 14.3. The Bertz CT molecular complexity index is 1680. The molecule has 2 aromatic heterocycles. The Morgan fingerprint density at radius 2 is 1.27 bits per heavy atom. The number of fused-ring (bicyclic) bond motifs is 6. The number of nitrogens with two attached hydrogens (primary N) is 1. The predicted octanol–water partition coefficient (Wildman–Crippen LogP) is 6.33. The predicted molar refractivity (Wildman–Crippen MR) is 189 cm³/mol. The topological polar surface area (TPSA) is 109 Å². The summed E-state index contributed by atoms with van der Waals surface area (Å²) in [6.45, 7) is 5.17. The molecule has 6 aliphatic heterocycles. The summed E-state index contributed by atoms with van der Waals surface area (Å²) in [5, 5.41) is 4.66. The number of halogens is 1. The third kappa shape index (κ3) is 6.70. The Labute approximate surface area is 288 Å². The van der Waals surface area contributed by atoms with Gasteiger partial charge >= 0.3 is 6.15 Å². The van der Waals surface area contributed by atoms with Crippen LogP contribution in [0.1, 0.15) is 68.3 Å². The van der Waals surface area contributed by atoms with Gasteiger partial charge in [-0.1, -0.05) is 48.5 Å². The number of Topliss-reactive ketones (excluding diaryl/α,β-unsaturated/α-hetero) is 1. The molecule has 2 aliphatic carbocycles. The standard InChI is InChI=1S/C20H22N2O.C9H16N2.C9H7N.CO2.ClH/c23-19(18-11-15-3-1-2-4-16(15)13-21-18)12-17-14-5-9-22(10-6-14)20(17)7-8-20;10-8-7-1-5-11(6-2-7)9(8)3-4-9;1-2-4-9-7-10-6-5-8(9)3-1;2-1-3;/h1-4,11,13-14,17H,5-10,12H2;7-8H,1-6,10H2;1-7H;;1H/t17-;8-;;;/m11.../s1. The number of pyridine rings is 2. The molecule has 2 N–H and O–H groups in total. The molecule has 8 aliphatic rings. The van der Waals surface area contributed by atoms with E-state index in [0.717, 1.165) is 22.6 Å². The summed E-state index contributed by atoms with van der Waals surface area (Å²) in [5.74, 6) is 2.42. The van der Waals surface area contributed by atoms with Gasteiger partial charge in [0.05, 0.1) is 0 Å². The second kappa shape index (κ2) is 14.5. The second-order valence-electron chi connectivity index (χ2n) is 14.3. The quantitative estimate of drug-likeness (QED) is 0.253. The van der Waals surface area contributed by atoms with Crippen LogP contribution in [0.2, 0.25) is 0 Å². The van der Waals surface area contributed by atoms with Gasteiger partial charge in [-0.3, -0.25) is 24.6 Å². The highest BCUT2D eigenvalue weighted by Gasteiger charge is 2.60. The SMILES string of the molecule is Cl.N[C@@H]1C2CCN(CC2)C12CC2.O=C(C[C@@H]1C2CCN(CC2)C12CC2)c1cc2ccccc2cn1.O=C=O.c1ccc2cnccc2c1. The maximum absolute atomic E-state index is 12.9. The summed E-state index contributed by atoms with van der Waals surface area (Å²) in [4.78, 5) is 42.9. The fourth-order valence-electron chi connectivity index (χ4n) is 9.29. The zero-order valence-corrected chi connectivity index (χ0v) is 28.3. The first kappa shape index (κ1) is 34.3. The van der Waals surface area contributed by atoms with Crippen LogP contribution in [-0.2, 0) is 9.59 Å². The Morgan fingerprint density at radius 3 is 1.81 bits per heavy atom. The van der Waals surface area contributed by atoms with E-state index in [1.54, 1.807) is 0 Å². The number of carbonyl (C=O) groups is 1. The lowest BCUT2D eigenvalue weighted by Gasteiger charge is -2.52. The molecule has 48 heavy (non-hydrogen) atoms. The van der Waals surface area contributed by atoms with Crippen molar-refractivity contribution in [3.63, 3.8) is 0 Å². The van der Waals surface area contributed by atoms with Crippen LogP contribution in [0.25, 0.3) is 21.5 Å². The molecule has 6 saturated heterocycles. The summed E-state index contributed by atoms with van der Waals surface area (Å²) in [6.07, 6.45) is 17.1. The third-order valence-corrected chi connectivity index (χ3v) is 12.1. The van der Waals surface area contributed by atoms with Crippen LogP contribution in [0, 0.1) is 17.8 Å². The summed E-state index contributed by atoms with van der Waals surface area (Å²) in [6, 6.07) is 20.8. The highest BCUT2D eigenvalue weighted by Crippen LogP contribution is 2.58. The van der Waals surface area contributed by atoms with Crippen molar-refractivity contribution in [3.05, 3.63) is 84.9 Å². The maximum Gasteiger partial charge on any atom is 0.373 e. The number of benzene rings is 2. The Kier molecular flexibility index (Phi) is 10.4. The summed E-state index contributed by atoms with van der Waals surface area (Å²) >= 11 is 0. The average molecular weight is 668 g/mol. The number of ketones is 1. The van der Waals surface area contributed by atoms with Crippen LogP contribution >= 0.6 is 12.4 Å². The zero-order valence-electron chi connectivity index (χ0n) is 27.5. The molecule has 2 spiro atoms. The van der Waals surface area contributed by atoms with Crippen molar-refractivity contribution in [3.8, 4) is 0 Å². The van der Waals surface area contributed by atoms with Gasteiger partial charge < -0.3 is 5.73 Å². The van der Waals surface area contributed by atoms with E-state index in [9.17, 15) is 4.79 Å². The van der Waals surface area contributed by atoms with Crippen LogP contribution in [0.15, 0.2) is 79.3 Å². The van der Waals surface area contributed by atoms with E-state index >= 15 is 0 Å². The van der Waals surface area contributed by atoms with Gasteiger partial charge in [0.25, 0.3) is 0 Å². The van der Waals surface area contributed by atoms with Crippen molar-refractivity contribution >= 4 is 45.9 Å². The molecule has 9 heteroatoms. The summed E-state index contributed by atoms with van der Waals surface area (Å²) in [5.41, 5.74) is 7.77. The third-order valence-electron chi connectivity index (χ3n) is 12.1. The molecule has 4 bridgehead atoms. The fourth-order valence-corrected chi connectivity index (χ4v) is 9.29. The van der Waals surface area contributed by atoms with Gasteiger partial charge in [-0.05, 0) is 124 Å². The number of aromatic nitrogens is 2. The highest BCUT2D eigenvalue weighted by molar-refractivity contribution is 5.98. The molecule has 252 valence electrons. The molecule has 2 aromatic carbocycles. The number of rotatable bonds is 3. The van der Waals surface area contributed by atoms with Gasteiger partial charge in [-0.15, -0.1) is 12.4 Å². The largest absolute Gasteiger partial charge is 0.373 e. The minimum atomic E-state index is 0. The van der Waals surface area contributed by atoms with Crippen molar-refractivity contribution in [1.29, 1.82) is 0 Å². The van der Waals surface area contributed by atoms with E-state index in [4.69, 9.17) is 15.3 Å². The lowest BCUT2D eigenvalue weighted by atomic mass is 9.69. The minimum Gasteiger partial charge on any atom is -0.326 e. The van der Waals surface area contributed by atoms with Crippen LogP contribution in [0.3, 0.4) is 0 Å². The van der Waals surface area contributed by atoms with Gasteiger partial charge in [0, 0.05) is 47.5 Å². The molecular formula is C39H46ClN5O3. The van der Waals surface area contributed by atoms with E-state index < -0.39 is 0 Å². The first-order valence-electron chi connectivity index (χ1n) is 17.4. The van der Waals surface area contributed by atoms with Gasteiger partial charge in [0.15, 0.2) is 5.78 Å². The molecule has 8 heterocycles. The zero-order chi connectivity index (χ0) is 32.4. The van der Waals surface area contributed by atoms with Gasteiger partial charge in [0.1, 0.15) is 5.69 Å².